The standard InChI is InChI=1S/C12H20NP/c1-2-4-6-8-11(7-5-3-1)12-13-9-10-14-12/h9-11,14H,1-8H2. The Morgan fingerprint density at radius 2 is 1.64 bits per heavy atom. The van der Waals surface area contributed by atoms with E-state index in [1.54, 1.807) is 0 Å². The molecular weight excluding hydrogens is 189 g/mol. The number of rotatable bonds is 1. The molecule has 0 aromatic carbocycles. The lowest BCUT2D eigenvalue weighted by Crippen LogP contribution is -1.97. The maximum atomic E-state index is 4.51. The summed E-state index contributed by atoms with van der Waals surface area (Å²) in [6, 6.07) is 0. The fourth-order valence-electron chi connectivity index (χ4n) is 2.41. The molecule has 14 heavy (non-hydrogen) atoms. The molecule has 1 heterocycles. The summed E-state index contributed by atoms with van der Waals surface area (Å²) in [5, 5.41) is 0. The van der Waals surface area contributed by atoms with Crippen LogP contribution in [0.5, 0.6) is 0 Å². The zero-order chi connectivity index (χ0) is 9.64. The van der Waals surface area contributed by atoms with E-state index in [0.29, 0.717) is 0 Å². The molecule has 1 aromatic heterocycles. The fraction of sp³-hybridized carbons (Fsp3) is 0.750. The Hall–Kier alpha value is -0.290. The lowest BCUT2D eigenvalue weighted by Gasteiger charge is -2.12. The molecule has 1 aromatic rings. The summed E-state index contributed by atoms with van der Waals surface area (Å²) in [5.74, 6) is 3.04. The van der Waals surface area contributed by atoms with Gasteiger partial charge in [0.25, 0.3) is 0 Å². The van der Waals surface area contributed by atoms with Gasteiger partial charge in [0.15, 0.2) is 0 Å². The van der Waals surface area contributed by atoms with Crippen molar-refractivity contribution in [3.05, 3.63) is 17.4 Å². The topological polar surface area (TPSA) is 12.9 Å². The minimum atomic E-state index is 0.821. The van der Waals surface area contributed by atoms with Crippen LogP contribution in [0.4, 0.5) is 0 Å². The molecule has 0 saturated heterocycles. The minimum Gasteiger partial charge on any atom is -0.257 e. The third kappa shape index (κ3) is 2.85. The molecule has 0 spiro atoms. The maximum absolute atomic E-state index is 4.51. The molecule has 1 fully saturated rings. The van der Waals surface area contributed by atoms with Gasteiger partial charge in [0.2, 0.25) is 0 Å². The van der Waals surface area contributed by atoms with E-state index in [2.05, 4.69) is 10.8 Å². The molecular formula is C12H20NP. The lowest BCUT2D eigenvalue weighted by atomic mass is 9.98. The second kappa shape index (κ2) is 5.56. The summed E-state index contributed by atoms with van der Waals surface area (Å²) in [6.07, 6.45) is 13.4. The van der Waals surface area contributed by atoms with Crippen molar-refractivity contribution >= 4 is 8.19 Å². The predicted octanol–water partition coefficient (Wildman–Crippen LogP) is 4.33. The molecule has 1 unspecified atom stereocenters. The van der Waals surface area contributed by atoms with Gasteiger partial charge in [-0.05, 0) is 18.6 Å². The quantitative estimate of drug-likeness (QED) is 0.670. The van der Waals surface area contributed by atoms with E-state index in [9.17, 15) is 0 Å². The van der Waals surface area contributed by atoms with Crippen molar-refractivity contribution in [3.8, 4) is 0 Å². The van der Waals surface area contributed by atoms with Gasteiger partial charge in [-0.1, -0.05) is 38.5 Å². The third-order valence-corrected chi connectivity index (χ3v) is 4.41. The van der Waals surface area contributed by atoms with Gasteiger partial charge in [0.05, 0.1) is 5.43 Å². The number of hydrogen-bond acceptors (Lipinski definition) is 1. The maximum Gasteiger partial charge on any atom is 0.0592 e. The Bertz CT molecular complexity index is 233. The van der Waals surface area contributed by atoms with Gasteiger partial charge in [0.1, 0.15) is 0 Å². The third-order valence-electron chi connectivity index (χ3n) is 3.26. The Kier molecular flexibility index (Phi) is 4.06. The van der Waals surface area contributed by atoms with Crippen LogP contribution >= 0.6 is 8.19 Å². The zero-order valence-corrected chi connectivity index (χ0v) is 9.84. The van der Waals surface area contributed by atoms with Crippen LogP contribution in [0.25, 0.3) is 0 Å². The number of aromatic nitrogens is 1. The first-order valence-corrected chi connectivity index (χ1v) is 7.04. The molecule has 78 valence electrons. The van der Waals surface area contributed by atoms with Crippen LogP contribution in [0.3, 0.4) is 0 Å². The summed E-state index contributed by atoms with van der Waals surface area (Å²) >= 11 is 0. The first kappa shape index (κ1) is 10.2. The zero-order valence-electron chi connectivity index (χ0n) is 8.84. The van der Waals surface area contributed by atoms with Crippen molar-refractivity contribution in [3.63, 3.8) is 0 Å². The predicted molar refractivity (Wildman–Crippen MR) is 63.4 cm³/mol. The van der Waals surface area contributed by atoms with Crippen LogP contribution < -0.4 is 0 Å². The Morgan fingerprint density at radius 3 is 2.21 bits per heavy atom. The van der Waals surface area contributed by atoms with Gasteiger partial charge in [-0.3, -0.25) is 4.98 Å². The average molecular weight is 209 g/mol. The highest BCUT2D eigenvalue weighted by Crippen LogP contribution is 2.33. The molecule has 0 N–H and O–H groups in total. The van der Waals surface area contributed by atoms with E-state index in [0.717, 1.165) is 14.1 Å². The highest BCUT2D eigenvalue weighted by Gasteiger charge is 2.13. The van der Waals surface area contributed by atoms with Gasteiger partial charge in [0, 0.05) is 12.1 Å². The van der Waals surface area contributed by atoms with Crippen molar-refractivity contribution in [1.82, 2.24) is 4.98 Å². The highest BCUT2D eigenvalue weighted by molar-refractivity contribution is 7.30. The molecule has 1 aliphatic rings. The normalized spacial score (nSPS) is 21.7. The van der Waals surface area contributed by atoms with E-state index >= 15 is 0 Å². The summed E-state index contributed by atoms with van der Waals surface area (Å²) in [7, 11) is 0.892. The summed E-state index contributed by atoms with van der Waals surface area (Å²) in [4.78, 5) is 4.51. The van der Waals surface area contributed by atoms with Gasteiger partial charge in [-0.15, -0.1) is 8.19 Å². The molecule has 0 amide bonds. The number of nitrogens with zero attached hydrogens (tertiary/aromatic N) is 1. The highest BCUT2D eigenvalue weighted by atomic mass is 31.0. The molecule has 0 bridgehead atoms. The monoisotopic (exact) mass is 209 g/mol. The molecule has 1 aliphatic carbocycles. The first-order valence-electron chi connectivity index (χ1n) is 5.96. The van der Waals surface area contributed by atoms with E-state index < -0.39 is 0 Å². The second-order valence-corrected chi connectivity index (χ2v) is 5.50. The van der Waals surface area contributed by atoms with Crippen molar-refractivity contribution < 1.29 is 0 Å². The molecule has 2 heteroatoms. The van der Waals surface area contributed by atoms with Crippen LogP contribution in [-0.2, 0) is 0 Å². The summed E-state index contributed by atoms with van der Waals surface area (Å²) in [5.41, 5.74) is 1.49. The minimum absolute atomic E-state index is 0.821. The fourth-order valence-corrected chi connectivity index (χ4v) is 3.40. The van der Waals surface area contributed by atoms with E-state index in [1.165, 1.54) is 56.8 Å². The summed E-state index contributed by atoms with van der Waals surface area (Å²) < 4.78 is 0. The Morgan fingerprint density at radius 1 is 1.00 bits per heavy atom. The lowest BCUT2D eigenvalue weighted by molar-refractivity contribution is 0.537. The molecule has 1 saturated carbocycles. The van der Waals surface area contributed by atoms with E-state index in [1.807, 2.05) is 6.20 Å². The van der Waals surface area contributed by atoms with Crippen molar-refractivity contribution in [1.29, 1.82) is 0 Å². The molecule has 0 radical (unpaired) electrons. The van der Waals surface area contributed by atoms with Crippen molar-refractivity contribution in [2.75, 3.05) is 0 Å². The molecule has 2 rings (SSSR count). The van der Waals surface area contributed by atoms with Gasteiger partial charge in [-0.25, -0.2) is 0 Å². The van der Waals surface area contributed by atoms with E-state index in [4.69, 9.17) is 0 Å². The smallest absolute Gasteiger partial charge is 0.0592 e. The van der Waals surface area contributed by atoms with Crippen LogP contribution in [0.15, 0.2) is 12.0 Å². The first-order chi connectivity index (χ1) is 6.97. The molecule has 0 aliphatic heterocycles. The average Bonchev–Trinajstić information content (AvgIpc) is 2.75. The Balaban J connectivity index is 1.94. The molecule has 1 atom stereocenters. The summed E-state index contributed by atoms with van der Waals surface area (Å²) in [6.45, 7) is 0. The number of hydrogen-bond donors (Lipinski definition) is 0. The SMILES string of the molecule is c1c[pH]c(C2CCCCCCCC2)n1. The van der Waals surface area contributed by atoms with Gasteiger partial charge >= 0.3 is 0 Å². The van der Waals surface area contributed by atoms with Crippen LogP contribution in [0.2, 0.25) is 0 Å². The van der Waals surface area contributed by atoms with Crippen molar-refractivity contribution in [2.45, 2.75) is 57.3 Å². The Labute approximate surface area is 88.4 Å². The van der Waals surface area contributed by atoms with Gasteiger partial charge in [-0.2, -0.15) is 0 Å². The second-order valence-electron chi connectivity index (χ2n) is 4.37. The van der Waals surface area contributed by atoms with Crippen LogP contribution in [-0.4, -0.2) is 4.98 Å². The van der Waals surface area contributed by atoms with E-state index in [-0.39, 0.29) is 0 Å². The largest absolute Gasteiger partial charge is 0.257 e. The van der Waals surface area contributed by atoms with Crippen LogP contribution in [0.1, 0.15) is 62.7 Å². The van der Waals surface area contributed by atoms with Gasteiger partial charge < -0.3 is 0 Å². The van der Waals surface area contributed by atoms with Crippen LogP contribution in [0, 0.1) is 0 Å². The molecule has 1 nitrogen and oxygen atoms in total. The van der Waals surface area contributed by atoms with Crippen molar-refractivity contribution in [2.24, 2.45) is 0 Å².